The van der Waals surface area contributed by atoms with Crippen LogP contribution in [0.5, 0.6) is 0 Å². The maximum Gasteiger partial charge on any atom is 0.222 e. The second-order valence-electron chi connectivity index (χ2n) is 9.08. The number of amides is 1. The van der Waals surface area contributed by atoms with Crippen LogP contribution < -0.4 is 0 Å². The van der Waals surface area contributed by atoms with Crippen LogP contribution in [-0.4, -0.2) is 72.7 Å². The standard InChI is InChI=1S/C24H37N3O2/c1-19(28)22-8-4-6-21(16-22)18-27-13-5-7-20(17-27)9-10-24(29)26(3)23-11-14-25(2)15-12-23/h4,6,8,16,20,23H,5,7,9-15,17-18H2,1-3H3/t20-/m1/s1. The lowest BCUT2D eigenvalue weighted by molar-refractivity contribution is -0.133. The molecule has 0 saturated carbocycles. The number of carbonyl (C=O) groups is 2. The number of hydrogen-bond donors (Lipinski definition) is 0. The van der Waals surface area contributed by atoms with E-state index in [4.69, 9.17) is 0 Å². The Morgan fingerprint density at radius 1 is 1.14 bits per heavy atom. The fourth-order valence-electron chi connectivity index (χ4n) is 4.77. The normalized spacial score (nSPS) is 21.8. The molecule has 2 aliphatic rings. The van der Waals surface area contributed by atoms with Crippen LogP contribution in [0, 0.1) is 5.92 Å². The Kier molecular flexibility index (Phi) is 7.84. The zero-order chi connectivity index (χ0) is 20.8. The first-order chi connectivity index (χ1) is 13.9. The quantitative estimate of drug-likeness (QED) is 0.659. The van der Waals surface area contributed by atoms with E-state index in [2.05, 4.69) is 22.9 Å². The van der Waals surface area contributed by atoms with Gasteiger partial charge in [0.1, 0.15) is 0 Å². The Morgan fingerprint density at radius 2 is 1.90 bits per heavy atom. The van der Waals surface area contributed by atoms with Crippen molar-refractivity contribution in [3.63, 3.8) is 0 Å². The number of benzene rings is 1. The minimum Gasteiger partial charge on any atom is -0.343 e. The molecule has 0 radical (unpaired) electrons. The van der Waals surface area contributed by atoms with Gasteiger partial charge in [0.2, 0.25) is 5.91 Å². The first-order valence-electron chi connectivity index (χ1n) is 11.2. The number of nitrogens with zero attached hydrogens (tertiary/aromatic N) is 3. The molecule has 3 rings (SSSR count). The SMILES string of the molecule is CC(=O)c1cccc(CN2CCC[C@H](CCC(=O)N(C)C3CCN(C)CC3)C2)c1. The summed E-state index contributed by atoms with van der Waals surface area (Å²) in [5.41, 5.74) is 2.00. The van der Waals surface area contributed by atoms with Gasteiger partial charge >= 0.3 is 0 Å². The summed E-state index contributed by atoms with van der Waals surface area (Å²) in [7, 11) is 4.15. The molecule has 5 heteroatoms. The Morgan fingerprint density at radius 3 is 2.62 bits per heavy atom. The van der Waals surface area contributed by atoms with Gasteiger partial charge < -0.3 is 9.80 Å². The Labute approximate surface area is 176 Å². The predicted octanol–water partition coefficient (Wildman–Crippen LogP) is 3.43. The average molecular weight is 400 g/mol. The van der Waals surface area contributed by atoms with E-state index in [1.165, 1.54) is 18.4 Å². The average Bonchev–Trinajstić information content (AvgIpc) is 2.72. The molecule has 29 heavy (non-hydrogen) atoms. The van der Waals surface area contributed by atoms with Crippen molar-refractivity contribution < 1.29 is 9.59 Å². The van der Waals surface area contributed by atoms with Crippen LogP contribution in [0.4, 0.5) is 0 Å². The minimum atomic E-state index is 0.121. The van der Waals surface area contributed by atoms with Crippen LogP contribution in [-0.2, 0) is 11.3 Å². The van der Waals surface area contributed by atoms with Crippen molar-refractivity contribution >= 4 is 11.7 Å². The molecule has 0 aromatic heterocycles. The second-order valence-corrected chi connectivity index (χ2v) is 9.08. The molecule has 2 saturated heterocycles. The number of carbonyl (C=O) groups excluding carboxylic acids is 2. The van der Waals surface area contributed by atoms with Gasteiger partial charge in [-0.3, -0.25) is 14.5 Å². The summed E-state index contributed by atoms with van der Waals surface area (Å²) < 4.78 is 0. The summed E-state index contributed by atoms with van der Waals surface area (Å²) in [6.07, 6.45) is 6.25. The van der Waals surface area contributed by atoms with E-state index in [0.717, 1.165) is 57.5 Å². The van der Waals surface area contributed by atoms with E-state index in [1.54, 1.807) is 6.92 Å². The van der Waals surface area contributed by atoms with Crippen molar-refractivity contribution in [2.45, 2.75) is 58.0 Å². The van der Waals surface area contributed by atoms with Gasteiger partial charge in [0.15, 0.2) is 5.78 Å². The van der Waals surface area contributed by atoms with Gasteiger partial charge in [-0.25, -0.2) is 0 Å². The highest BCUT2D eigenvalue weighted by Crippen LogP contribution is 2.24. The van der Waals surface area contributed by atoms with E-state index in [1.807, 2.05) is 30.1 Å². The molecule has 0 unspecified atom stereocenters. The largest absolute Gasteiger partial charge is 0.343 e. The van der Waals surface area contributed by atoms with E-state index in [-0.39, 0.29) is 5.78 Å². The zero-order valence-corrected chi connectivity index (χ0v) is 18.4. The Balaban J connectivity index is 1.45. The molecule has 0 bridgehead atoms. The molecule has 1 amide bonds. The van der Waals surface area contributed by atoms with Crippen LogP contribution in [0.3, 0.4) is 0 Å². The first kappa shape index (κ1) is 22.0. The molecule has 5 nitrogen and oxygen atoms in total. The summed E-state index contributed by atoms with van der Waals surface area (Å²) in [4.78, 5) is 31.2. The number of Topliss-reactive ketones (excluding diaryl/α,β-unsaturated/α-hetero) is 1. The van der Waals surface area contributed by atoms with Crippen molar-refractivity contribution in [1.82, 2.24) is 14.7 Å². The van der Waals surface area contributed by atoms with Crippen LogP contribution in [0.25, 0.3) is 0 Å². The molecular formula is C24H37N3O2. The lowest BCUT2D eigenvalue weighted by atomic mass is 9.92. The minimum absolute atomic E-state index is 0.121. The van der Waals surface area contributed by atoms with Crippen LogP contribution in [0.15, 0.2) is 24.3 Å². The van der Waals surface area contributed by atoms with Crippen LogP contribution in [0.1, 0.15) is 61.4 Å². The van der Waals surface area contributed by atoms with Crippen molar-refractivity contribution in [3.8, 4) is 0 Å². The van der Waals surface area contributed by atoms with Gasteiger partial charge in [-0.1, -0.05) is 18.2 Å². The van der Waals surface area contributed by atoms with Crippen molar-refractivity contribution in [1.29, 1.82) is 0 Å². The smallest absolute Gasteiger partial charge is 0.222 e. The molecule has 160 valence electrons. The molecule has 2 heterocycles. The fourth-order valence-corrected chi connectivity index (χ4v) is 4.77. The third-order valence-electron chi connectivity index (χ3n) is 6.74. The lowest BCUT2D eigenvalue weighted by Gasteiger charge is -2.36. The number of rotatable bonds is 7. The lowest BCUT2D eigenvalue weighted by Crippen LogP contribution is -2.44. The molecule has 2 aliphatic heterocycles. The molecule has 0 spiro atoms. The maximum absolute atomic E-state index is 12.7. The summed E-state index contributed by atoms with van der Waals surface area (Å²) in [5.74, 6) is 1.02. The van der Waals surface area contributed by atoms with E-state index >= 15 is 0 Å². The molecule has 1 aromatic carbocycles. The second kappa shape index (κ2) is 10.4. The molecule has 0 N–H and O–H groups in total. The highest BCUT2D eigenvalue weighted by Gasteiger charge is 2.25. The van der Waals surface area contributed by atoms with E-state index < -0.39 is 0 Å². The first-order valence-corrected chi connectivity index (χ1v) is 11.2. The summed E-state index contributed by atoms with van der Waals surface area (Å²) in [6, 6.07) is 8.40. The fraction of sp³-hybridized carbons (Fsp3) is 0.667. The summed E-state index contributed by atoms with van der Waals surface area (Å²) in [6.45, 7) is 6.84. The van der Waals surface area contributed by atoms with E-state index in [9.17, 15) is 9.59 Å². The highest BCUT2D eigenvalue weighted by molar-refractivity contribution is 5.94. The van der Waals surface area contributed by atoms with Crippen molar-refractivity contribution in [3.05, 3.63) is 35.4 Å². The summed E-state index contributed by atoms with van der Waals surface area (Å²) in [5, 5.41) is 0. The van der Waals surface area contributed by atoms with Gasteiger partial charge in [-0.05, 0) is 83.3 Å². The van der Waals surface area contributed by atoms with Crippen molar-refractivity contribution in [2.24, 2.45) is 5.92 Å². The van der Waals surface area contributed by atoms with Crippen LogP contribution >= 0.6 is 0 Å². The predicted molar refractivity (Wildman–Crippen MR) is 117 cm³/mol. The van der Waals surface area contributed by atoms with Crippen LogP contribution in [0.2, 0.25) is 0 Å². The number of ketones is 1. The van der Waals surface area contributed by atoms with Gasteiger partial charge in [0, 0.05) is 38.2 Å². The topological polar surface area (TPSA) is 43.9 Å². The third kappa shape index (κ3) is 6.38. The molecule has 0 aliphatic carbocycles. The number of likely N-dealkylation sites (tertiary alicyclic amines) is 2. The monoisotopic (exact) mass is 399 g/mol. The number of piperidine rings is 2. The van der Waals surface area contributed by atoms with Gasteiger partial charge in [0.05, 0.1) is 0 Å². The molecule has 2 fully saturated rings. The molecule has 1 aromatic rings. The third-order valence-corrected chi connectivity index (χ3v) is 6.74. The molecular weight excluding hydrogens is 362 g/mol. The molecule has 1 atom stereocenters. The Hall–Kier alpha value is -1.72. The van der Waals surface area contributed by atoms with Crippen molar-refractivity contribution in [2.75, 3.05) is 40.3 Å². The van der Waals surface area contributed by atoms with Gasteiger partial charge in [-0.15, -0.1) is 0 Å². The highest BCUT2D eigenvalue weighted by atomic mass is 16.2. The Bertz CT molecular complexity index is 697. The number of hydrogen-bond acceptors (Lipinski definition) is 4. The van der Waals surface area contributed by atoms with E-state index in [0.29, 0.717) is 24.3 Å². The van der Waals surface area contributed by atoms with Gasteiger partial charge in [-0.2, -0.15) is 0 Å². The summed E-state index contributed by atoms with van der Waals surface area (Å²) >= 11 is 0. The van der Waals surface area contributed by atoms with Gasteiger partial charge in [0.25, 0.3) is 0 Å². The maximum atomic E-state index is 12.7. The zero-order valence-electron chi connectivity index (χ0n) is 18.4.